The highest BCUT2D eigenvalue weighted by Crippen LogP contribution is 2.12. The molecule has 3 rings (SSSR count). The molecule has 2 aliphatic heterocycles. The number of aryl methyl sites for hydroxylation is 1. The van der Waals surface area contributed by atoms with Crippen molar-refractivity contribution in [2.75, 3.05) is 39.3 Å². The van der Waals surface area contributed by atoms with Gasteiger partial charge in [-0.25, -0.2) is 0 Å². The van der Waals surface area contributed by atoms with Crippen molar-refractivity contribution < 1.29 is 0 Å². The fourth-order valence-corrected chi connectivity index (χ4v) is 3.31. The van der Waals surface area contributed by atoms with Gasteiger partial charge in [0, 0.05) is 45.3 Å². The van der Waals surface area contributed by atoms with Crippen molar-refractivity contribution in [3.05, 3.63) is 35.4 Å². The molecule has 1 aromatic rings. The molecule has 2 heterocycles. The normalized spacial score (nSPS) is 25.1. The lowest BCUT2D eigenvalue weighted by Gasteiger charge is -2.36. The number of piperazine rings is 1. The lowest BCUT2D eigenvalue weighted by Crippen LogP contribution is -2.49. The summed E-state index contributed by atoms with van der Waals surface area (Å²) in [5.41, 5.74) is 2.80. The summed E-state index contributed by atoms with van der Waals surface area (Å²) >= 11 is 0. The molecule has 1 aromatic carbocycles. The molecule has 3 heteroatoms. The molecular weight excluding hydrogens is 246 g/mol. The van der Waals surface area contributed by atoms with E-state index in [2.05, 4.69) is 46.3 Å². The van der Waals surface area contributed by atoms with Crippen LogP contribution in [0.25, 0.3) is 0 Å². The Kier molecular flexibility index (Phi) is 4.71. The Morgan fingerprint density at radius 1 is 1.05 bits per heavy atom. The van der Waals surface area contributed by atoms with Crippen molar-refractivity contribution in [1.29, 1.82) is 0 Å². The van der Waals surface area contributed by atoms with E-state index >= 15 is 0 Å². The fraction of sp³-hybridized carbons (Fsp3) is 0.647. The van der Waals surface area contributed by atoms with Crippen LogP contribution in [-0.2, 0) is 6.54 Å². The molecule has 0 bridgehead atoms. The summed E-state index contributed by atoms with van der Waals surface area (Å²) in [6.45, 7) is 10.6. The third-order valence-corrected chi connectivity index (χ3v) is 4.63. The number of nitrogens with one attached hydrogen (secondary N) is 1. The standard InChI is InChI=1S/C17H27N3/c1-15-4-6-16(7-5-15)13-19-9-11-20(12-10-19)14-17-3-2-8-18-17/h4-7,17-18H,2-3,8-14H2,1H3. The molecule has 1 unspecified atom stereocenters. The monoisotopic (exact) mass is 273 g/mol. The van der Waals surface area contributed by atoms with E-state index in [9.17, 15) is 0 Å². The SMILES string of the molecule is Cc1ccc(CN2CCN(CC3CCCN3)CC2)cc1. The molecule has 0 saturated carbocycles. The summed E-state index contributed by atoms with van der Waals surface area (Å²) < 4.78 is 0. The van der Waals surface area contributed by atoms with E-state index in [1.807, 2.05) is 0 Å². The topological polar surface area (TPSA) is 18.5 Å². The van der Waals surface area contributed by atoms with Gasteiger partial charge in [0.15, 0.2) is 0 Å². The van der Waals surface area contributed by atoms with E-state index in [1.165, 1.54) is 63.2 Å². The lowest BCUT2D eigenvalue weighted by molar-refractivity contribution is 0.120. The first kappa shape index (κ1) is 14.1. The third-order valence-electron chi connectivity index (χ3n) is 4.63. The molecule has 0 aromatic heterocycles. The van der Waals surface area contributed by atoms with Gasteiger partial charge in [0.2, 0.25) is 0 Å². The van der Waals surface area contributed by atoms with Crippen LogP contribution in [0.5, 0.6) is 0 Å². The summed E-state index contributed by atoms with van der Waals surface area (Å²) in [7, 11) is 0. The van der Waals surface area contributed by atoms with E-state index in [4.69, 9.17) is 0 Å². The smallest absolute Gasteiger partial charge is 0.0234 e. The molecule has 3 nitrogen and oxygen atoms in total. The third kappa shape index (κ3) is 3.81. The second-order valence-corrected chi connectivity index (χ2v) is 6.36. The lowest BCUT2D eigenvalue weighted by atomic mass is 10.1. The number of nitrogens with zero attached hydrogens (tertiary/aromatic N) is 2. The zero-order valence-corrected chi connectivity index (χ0v) is 12.6. The summed E-state index contributed by atoms with van der Waals surface area (Å²) in [5, 5.41) is 3.60. The highest BCUT2D eigenvalue weighted by atomic mass is 15.3. The summed E-state index contributed by atoms with van der Waals surface area (Å²) in [6.07, 6.45) is 2.72. The summed E-state index contributed by atoms with van der Waals surface area (Å²) in [5.74, 6) is 0. The quantitative estimate of drug-likeness (QED) is 0.903. The largest absolute Gasteiger partial charge is 0.313 e. The van der Waals surface area contributed by atoms with Gasteiger partial charge in [0.25, 0.3) is 0 Å². The maximum absolute atomic E-state index is 3.60. The first-order valence-electron chi connectivity index (χ1n) is 8.03. The predicted molar refractivity (Wildman–Crippen MR) is 83.9 cm³/mol. The minimum atomic E-state index is 0.749. The van der Waals surface area contributed by atoms with Gasteiger partial charge in [-0.05, 0) is 31.9 Å². The van der Waals surface area contributed by atoms with Crippen molar-refractivity contribution in [2.24, 2.45) is 0 Å². The van der Waals surface area contributed by atoms with Crippen LogP contribution in [-0.4, -0.2) is 55.1 Å². The Labute approximate surface area is 123 Å². The number of hydrogen-bond donors (Lipinski definition) is 1. The second-order valence-electron chi connectivity index (χ2n) is 6.36. The van der Waals surface area contributed by atoms with E-state index in [-0.39, 0.29) is 0 Å². The highest BCUT2D eigenvalue weighted by Gasteiger charge is 2.21. The van der Waals surface area contributed by atoms with Crippen molar-refractivity contribution in [3.63, 3.8) is 0 Å². The van der Waals surface area contributed by atoms with Gasteiger partial charge in [0.1, 0.15) is 0 Å². The van der Waals surface area contributed by atoms with E-state index in [0.717, 1.165) is 12.6 Å². The van der Waals surface area contributed by atoms with Gasteiger partial charge < -0.3 is 5.32 Å². The van der Waals surface area contributed by atoms with Crippen molar-refractivity contribution in [1.82, 2.24) is 15.1 Å². The van der Waals surface area contributed by atoms with Gasteiger partial charge in [-0.2, -0.15) is 0 Å². The van der Waals surface area contributed by atoms with E-state index < -0.39 is 0 Å². The Balaban J connectivity index is 1.42. The van der Waals surface area contributed by atoms with Crippen LogP contribution in [0.15, 0.2) is 24.3 Å². The average Bonchev–Trinajstić information content (AvgIpc) is 2.96. The number of benzene rings is 1. The van der Waals surface area contributed by atoms with Crippen LogP contribution in [0, 0.1) is 6.92 Å². The van der Waals surface area contributed by atoms with E-state index in [0.29, 0.717) is 0 Å². The van der Waals surface area contributed by atoms with Gasteiger partial charge in [-0.1, -0.05) is 29.8 Å². The number of rotatable bonds is 4. The Bertz CT molecular complexity index is 401. The number of hydrogen-bond acceptors (Lipinski definition) is 3. The van der Waals surface area contributed by atoms with Crippen molar-refractivity contribution in [3.8, 4) is 0 Å². The van der Waals surface area contributed by atoms with Crippen LogP contribution in [0.3, 0.4) is 0 Å². The van der Waals surface area contributed by atoms with Crippen molar-refractivity contribution in [2.45, 2.75) is 32.4 Å². The van der Waals surface area contributed by atoms with Gasteiger partial charge in [0.05, 0.1) is 0 Å². The first-order valence-corrected chi connectivity index (χ1v) is 8.03. The maximum Gasteiger partial charge on any atom is 0.0234 e. The average molecular weight is 273 g/mol. The minimum absolute atomic E-state index is 0.749. The van der Waals surface area contributed by atoms with Crippen LogP contribution in [0.2, 0.25) is 0 Å². The van der Waals surface area contributed by atoms with Gasteiger partial charge in [-0.3, -0.25) is 9.80 Å². The molecule has 1 atom stereocenters. The highest BCUT2D eigenvalue weighted by molar-refractivity contribution is 5.21. The second kappa shape index (κ2) is 6.70. The molecule has 2 fully saturated rings. The fourth-order valence-electron chi connectivity index (χ4n) is 3.31. The molecule has 2 aliphatic rings. The van der Waals surface area contributed by atoms with Gasteiger partial charge >= 0.3 is 0 Å². The van der Waals surface area contributed by atoms with Crippen LogP contribution in [0.1, 0.15) is 24.0 Å². The molecule has 0 aliphatic carbocycles. The van der Waals surface area contributed by atoms with Crippen LogP contribution >= 0.6 is 0 Å². The minimum Gasteiger partial charge on any atom is -0.313 e. The summed E-state index contributed by atoms with van der Waals surface area (Å²) in [6, 6.07) is 9.72. The zero-order chi connectivity index (χ0) is 13.8. The molecule has 0 radical (unpaired) electrons. The predicted octanol–water partition coefficient (Wildman–Crippen LogP) is 1.86. The first-order chi connectivity index (χ1) is 9.79. The molecule has 0 spiro atoms. The Hall–Kier alpha value is -0.900. The van der Waals surface area contributed by atoms with Crippen molar-refractivity contribution >= 4 is 0 Å². The molecule has 2 saturated heterocycles. The van der Waals surface area contributed by atoms with Gasteiger partial charge in [-0.15, -0.1) is 0 Å². The summed E-state index contributed by atoms with van der Waals surface area (Å²) in [4.78, 5) is 5.22. The van der Waals surface area contributed by atoms with E-state index in [1.54, 1.807) is 0 Å². The Morgan fingerprint density at radius 3 is 2.40 bits per heavy atom. The maximum atomic E-state index is 3.60. The van der Waals surface area contributed by atoms with Crippen LogP contribution < -0.4 is 5.32 Å². The molecule has 20 heavy (non-hydrogen) atoms. The molecular formula is C17H27N3. The Morgan fingerprint density at radius 2 is 1.75 bits per heavy atom. The molecule has 0 amide bonds. The molecule has 110 valence electrons. The molecule has 1 N–H and O–H groups in total. The van der Waals surface area contributed by atoms with Crippen LogP contribution in [0.4, 0.5) is 0 Å². The zero-order valence-electron chi connectivity index (χ0n) is 12.6.